The molecule has 24 heavy (non-hydrogen) atoms. The van der Waals surface area contributed by atoms with Gasteiger partial charge in [-0.1, -0.05) is 17.7 Å². The van der Waals surface area contributed by atoms with Crippen molar-refractivity contribution in [2.45, 2.75) is 19.4 Å². The largest absolute Gasteiger partial charge is 0.352 e. The number of rotatable bonds is 7. The van der Waals surface area contributed by atoms with Crippen LogP contribution in [0.4, 0.5) is 0 Å². The maximum atomic E-state index is 12.1. The molecule has 1 N–H and O–H groups in total. The van der Waals surface area contributed by atoms with Gasteiger partial charge in [0.1, 0.15) is 0 Å². The Balaban J connectivity index is 1.68. The Morgan fingerprint density at radius 3 is 2.62 bits per heavy atom. The maximum absolute atomic E-state index is 12.1. The van der Waals surface area contributed by atoms with Gasteiger partial charge in [0.2, 0.25) is 5.91 Å². The number of hydrogen-bond acceptors (Lipinski definition) is 3. The summed E-state index contributed by atoms with van der Waals surface area (Å²) in [6, 6.07) is 10.5. The van der Waals surface area contributed by atoms with Crippen molar-refractivity contribution in [2.24, 2.45) is 0 Å². The molecule has 0 aliphatic rings. The topological polar surface area (TPSA) is 62.3 Å². The van der Waals surface area contributed by atoms with Crippen LogP contribution < -0.4 is 5.32 Å². The van der Waals surface area contributed by atoms with Gasteiger partial charge in [0.15, 0.2) is 0 Å². The van der Waals surface area contributed by atoms with E-state index in [4.69, 9.17) is 11.6 Å². The van der Waals surface area contributed by atoms with Crippen LogP contribution in [0.15, 0.2) is 48.8 Å². The second kappa shape index (κ2) is 9.03. The smallest absolute Gasteiger partial charge is 0.251 e. The summed E-state index contributed by atoms with van der Waals surface area (Å²) in [6.45, 7) is 0.984. The summed E-state index contributed by atoms with van der Waals surface area (Å²) in [5.74, 6) is -0.123. The molecular formula is C18H20ClN3O2. The predicted octanol–water partition coefficient (Wildman–Crippen LogP) is 2.90. The number of carbonyl (C=O) groups is 2. The van der Waals surface area contributed by atoms with E-state index in [1.54, 1.807) is 48.6 Å². The molecule has 0 aliphatic heterocycles. The molecule has 0 radical (unpaired) electrons. The number of pyridine rings is 1. The minimum atomic E-state index is -0.164. The highest BCUT2D eigenvalue weighted by molar-refractivity contribution is 6.30. The van der Waals surface area contributed by atoms with Crippen LogP contribution in [0, 0.1) is 0 Å². The third-order valence-corrected chi connectivity index (χ3v) is 3.78. The predicted molar refractivity (Wildman–Crippen MR) is 93.7 cm³/mol. The van der Waals surface area contributed by atoms with E-state index >= 15 is 0 Å². The maximum Gasteiger partial charge on any atom is 0.251 e. The van der Waals surface area contributed by atoms with Gasteiger partial charge < -0.3 is 10.2 Å². The highest BCUT2D eigenvalue weighted by Gasteiger charge is 2.10. The third kappa shape index (κ3) is 5.66. The van der Waals surface area contributed by atoms with E-state index in [9.17, 15) is 9.59 Å². The second-order valence-corrected chi connectivity index (χ2v) is 5.91. The lowest BCUT2D eigenvalue weighted by Crippen LogP contribution is -2.28. The van der Waals surface area contributed by atoms with Crippen LogP contribution in [0.25, 0.3) is 0 Å². The number of carbonyl (C=O) groups excluding carboxylic acids is 2. The Morgan fingerprint density at radius 1 is 1.21 bits per heavy atom. The summed E-state index contributed by atoms with van der Waals surface area (Å²) in [5.41, 5.74) is 1.55. The van der Waals surface area contributed by atoms with Gasteiger partial charge in [-0.05, 0) is 42.3 Å². The van der Waals surface area contributed by atoms with Gasteiger partial charge in [-0.3, -0.25) is 14.6 Å². The molecule has 1 aromatic carbocycles. The van der Waals surface area contributed by atoms with E-state index < -0.39 is 0 Å². The van der Waals surface area contributed by atoms with Crippen molar-refractivity contribution in [3.05, 3.63) is 64.9 Å². The fraction of sp³-hybridized carbons (Fsp3) is 0.278. The molecule has 0 spiro atoms. The molecule has 0 bridgehead atoms. The standard InChI is InChI=1S/C18H20ClN3O2/c1-22(13-14-4-2-10-20-12-14)17(23)5-3-11-21-18(24)15-6-8-16(19)9-7-15/h2,4,6-10,12H,3,5,11,13H2,1H3,(H,21,24). The van der Waals surface area contributed by atoms with Gasteiger partial charge in [0, 0.05) is 49.5 Å². The molecule has 1 aromatic heterocycles. The van der Waals surface area contributed by atoms with Crippen LogP contribution >= 0.6 is 11.6 Å². The molecule has 2 aromatic rings. The Bertz CT molecular complexity index is 674. The van der Waals surface area contributed by atoms with Crippen molar-refractivity contribution < 1.29 is 9.59 Å². The van der Waals surface area contributed by atoms with E-state index in [1.807, 2.05) is 12.1 Å². The number of aromatic nitrogens is 1. The molecule has 0 aliphatic carbocycles. The molecule has 0 fully saturated rings. The lowest BCUT2D eigenvalue weighted by atomic mass is 10.2. The normalized spacial score (nSPS) is 10.2. The van der Waals surface area contributed by atoms with Crippen molar-refractivity contribution in [1.29, 1.82) is 0 Å². The van der Waals surface area contributed by atoms with E-state index in [-0.39, 0.29) is 11.8 Å². The molecule has 0 saturated heterocycles. The van der Waals surface area contributed by atoms with Crippen LogP contribution in [0.5, 0.6) is 0 Å². The lowest BCUT2D eigenvalue weighted by Gasteiger charge is -2.17. The summed E-state index contributed by atoms with van der Waals surface area (Å²) in [6.07, 6.45) is 4.43. The van der Waals surface area contributed by atoms with Gasteiger partial charge in [0.05, 0.1) is 0 Å². The van der Waals surface area contributed by atoms with Gasteiger partial charge in [-0.25, -0.2) is 0 Å². The van der Waals surface area contributed by atoms with Crippen molar-refractivity contribution >= 4 is 23.4 Å². The first kappa shape index (κ1) is 17.9. The second-order valence-electron chi connectivity index (χ2n) is 5.48. The Morgan fingerprint density at radius 2 is 1.96 bits per heavy atom. The minimum Gasteiger partial charge on any atom is -0.352 e. The number of benzene rings is 1. The molecule has 0 atom stereocenters. The van der Waals surface area contributed by atoms with Crippen molar-refractivity contribution in [2.75, 3.05) is 13.6 Å². The lowest BCUT2D eigenvalue weighted by molar-refractivity contribution is -0.130. The van der Waals surface area contributed by atoms with Crippen LogP contribution in [-0.4, -0.2) is 35.3 Å². The Hall–Kier alpha value is -2.40. The van der Waals surface area contributed by atoms with Crippen molar-refractivity contribution in [1.82, 2.24) is 15.2 Å². The van der Waals surface area contributed by atoms with Crippen LogP contribution in [0.1, 0.15) is 28.8 Å². The first-order chi connectivity index (χ1) is 11.6. The average Bonchev–Trinajstić information content (AvgIpc) is 2.59. The van der Waals surface area contributed by atoms with Gasteiger partial charge in [-0.2, -0.15) is 0 Å². The summed E-state index contributed by atoms with van der Waals surface area (Å²) in [7, 11) is 1.77. The molecule has 2 rings (SSSR count). The van der Waals surface area contributed by atoms with E-state index in [0.717, 1.165) is 5.56 Å². The summed E-state index contributed by atoms with van der Waals surface area (Å²) in [4.78, 5) is 29.7. The molecule has 0 saturated carbocycles. The highest BCUT2D eigenvalue weighted by atomic mass is 35.5. The molecule has 6 heteroatoms. The number of hydrogen-bond donors (Lipinski definition) is 1. The molecular weight excluding hydrogens is 326 g/mol. The molecule has 0 unspecified atom stereocenters. The van der Waals surface area contributed by atoms with Crippen molar-refractivity contribution in [3.63, 3.8) is 0 Å². The SMILES string of the molecule is CN(Cc1cccnc1)C(=O)CCCNC(=O)c1ccc(Cl)cc1. The van der Waals surface area contributed by atoms with Crippen LogP contribution in [-0.2, 0) is 11.3 Å². The Kier molecular flexibility index (Phi) is 6.75. The quantitative estimate of drug-likeness (QED) is 0.785. The number of halogens is 1. The summed E-state index contributed by atoms with van der Waals surface area (Å²) < 4.78 is 0. The summed E-state index contributed by atoms with van der Waals surface area (Å²) >= 11 is 5.79. The highest BCUT2D eigenvalue weighted by Crippen LogP contribution is 2.09. The van der Waals surface area contributed by atoms with Gasteiger partial charge >= 0.3 is 0 Å². The van der Waals surface area contributed by atoms with E-state index in [0.29, 0.717) is 36.5 Å². The monoisotopic (exact) mass is 345 g/mol. The third-order valence-electron chi connectivity index (χ3n) is 3.53. The van der Waals surface area contributed by atoms with E-state index in [1.165, 1.54) is 0 Å². The summed E-state index contributed by atoms with van der Waals surface area (Å²) in [5, 5.41) is 3.39. The van der Waals surface area contributed by atoms with Crippen LogP contribution in [0.3, 0.4) is 0 Å². The number of nitrogens with zero attached hydrogens (tertiary/aromatic N) is 2. The number of nitrogens with one attached hydrogen (secondary N) is 1. The molecule has 1 heterocycles. The molecule has 5 nitrogen and oxygen atoms in total. The molecule has 2 amide bonds. The first-order valence-corrected chi connectivity index (χ1v) is 8.10. The first-order valence-electron chi connectivity index (χ1n) is 7.73. The van der Waals surface area contributed by atoms with Gasteiger partial charge in [0.25, 0.3) is 5.91 Å². The fourth-order valence-electron chi connectivity index (χ4n) is 2.19. The van der Waals surface area contributed by atoms with Crippen molar-refractivity contribution in [3.8, 4) is 0 Å². The molecule has 126 valence electrons. The van der Waals surface area contributed by atoms with Crippen LogP contribution in [0.2, 0.25) is 5.02 Å². The Labute approximate surface area is 146 Å². The van der Waals surface area contributed by atoms with E-state index in [2.05, 4.69) is 10.3 Å². The minimum absolute atomic E-state index is 0.0413. The average molecular weight is 346 g/mol. The number of amides is 2. The fourth-order valence-corrected chi connectivity index (χ4v) is 2.32. The van der Waals surface area contributed by atoms with Gasteiger partial charge in [-0.15, -0.1) is 0 Å². The zero-order chi connectivity index (χ0) is 17.4. The zero-order valence-corrected chi connectivity index (χ0v) is 14.3. The zero-order valence-electron chi connectivity index (χ0n) is 13.5.